The third-order valence-corrected chi connectivity index (χ3v) is 4.55. The molecule has 0 saturated heterocycles. The molecule has 4 rings (SSSR count). The smallest absolute Gasteiger partial charge is 0.247 e. The second-order valence-electron chi connectivity index (χ2n) is 7.02. The molecule has 8 nitrogen and oxygen atoms in total. The van der Waals surface area contributed by atoms with E-state index < -0.39 is 18.4 Å². The number of alkyl halides is 2. The molecule has 0 N–H and O–H groups in total. The van der Waals surface area contributed by atoms with Crippen molar-refractivity contribution in [2.45, 2.75) is 31.7 Å². The van der Waals surface area contributed by atoms with Gasteiger partial charge in [-0.3, -0.25) is 13.8 Å². The minimum Gasteiger partial charge on any atom is -0.284 e. The maximum absolute atomic E-state index is 13.5. The molecule has 0 aliphatic rings. The molecule has 0 bridgehead atoms. The second kappa shape index (κ2) is 7.09. The zero-order valence-electron chi connectivity index (χ0n) is 15.9. The summed E-state index contributed by atoms with van der Waals surface area (Å²) >= 11 is 0. The van der Waals surface area contributed by atoms with Gasteiger partial charge in [0.05, 0.1) is 42.2 Å². The summed E-state index contributed by atoms with van der Waals surface area (Å²) in [6, 6.07) is 3.08. The normalized spacial score (nSPS) is 12.9. The molecule has 1 atom stereocenters. The quantitative estimate of drug-likeness (QED) is 0.498. The van der Waals surface area contributed by atoms with E-state index in [1.165, 1.54) is 4.68 Å². The number of nitrogens with zero attached hydrogens (tertiary/aromatic N) is 8. The lowest BCUT2D eigenvalue weighted by Gasteiger charge is -2.18. The first-order chi connectivity index (χ1) is 13.8. The number of hydrogen-bond acceptors (Lipinski definition) is 5. The van der Waals surface area contributed by atoms with E-state index in [1.807, 2.05) is 25.4 Å². The fraction of sp³-hybridized carbons (Fsp3) is 0.316. The van der Waals surface area contributed by atoms with Crippen molar-refractivity contribution in [3.05, 3.63) is 43.2 Å². The molecule has 29 heavy (non-hydrogen) atoms. The van der Waals surface area contributed by atoms with Crippen molar-refractivity contribution < 1.29 is 8.78 Å². The highest BCUT2D eigenvalue weighted by Gasteiger charge is 2.28. The van der Waals surface area contributed by atoms with Gasteiger partial charge in [0.25, 0.3) is 0 Å². The van der Waals surface area contributed by atoms with Crippen LogP contribution in [0.4, 0.5) is 8.78 Å². The summed E-state index contributed by atoms with van der Waals surface area (Å²) in [4.78, 5) is 9.07. The molecule has 0 saturated carbocycles. The Hall–Kier alpha value is -3.61. The van der Waals surface area contributed by atoms with Crippen LogP contribution < -0.4 is 0 Å². The highest BCUT2D eigenvalue weighted by molar-refractivity contribution is 5.68. The molecule has 0 radical (unpaired) electrons. The van der Waals surface area contributed by atoms with E-state index >= 15 is 0 Å². The van der Waals surface area contributed by atoms with Crippen LogP contribution in [0, 0.1) is 11.3 Å². The fourth-order valence-electron chi connectivity index (χ4n) is 3.26. The van der Waals surface area contributed by atoms with E-state index in [4.69, 9.17) is 10.2 Å². The molecular formula is C19H18F2N8. The van der Waals surface area contributed by atoms with Crippen molar-refractivity contribution in [1.29, 1.82) is 5.26 Å². The van der Waals surface area contributed by atoms with Crippen molar-refractivity contribution in [1.82, 2.24) is 33.9 Å². The maximum atomic E-state index is 13.5. The number of aryl methyl sites for hydroxylation is 1. The first kappa shape index (κ1) is 18.7. The van der Waals surface area contributed by atoms with Crippen LogP contribution in [-0.2, 0) is 7.05 Å². The first-order valence-corrected chi connectivity index (χ1v) is 8.96. The van der Waals surface area contributed by atoms with Gasteiger partial charge in [0.1, 0.15) is 11.5 Å². The number of imidazole rings is 1. The number of fused-ring (bicyclic) bond motifs is 1. The molecular weight excluding hydrogens is 378 g/mol. The van der Waals surface area contributed by atoms with Crippen molar-refractivity contribution in [2.24, 2.45) is 7.05 Å². The predicted octanol–water partition coefficient (Wildman–Crippen LogP) is 3.49. The molecule has 0 aliphatic heterocycles. The lowest BCUT2D eigenvalue weighted by molar-refractivity contribution is -0.00254. The van der Waals surface area contributed by atoms with Crippen LogP contribution in [-0.4, -0.2) is 39.9 Å². The molecule has 0 aromatic carbocycles. The minimum absolute atomic E-state index is 0.0613. The highest BCUT2D eigenvalue weighted by atomic mass is 19.3. The Morgan fingerprint density at radius 1 is 1.21 bits per heavy atom. The standard InChI is InChI=1S/C19H18F2N8/c1-19(20,21)8-15(3-4-22)29-12-14(10-25-29)18-26-16(13-9-24-27(2)11-13)7-17-23-5-6-28(17)18/h5-7,9-12,15H,3,8H2,1-2H3/t15-/m1/s1. The lowest BCUT2D eigenvalue weighted by Crippen LogP contribution is -2.20. The molecule has 4 aromatic rings. The number of hydrogen-bond donors (Lipinski definition) is 0. The first-order valence-electron chi connectivity index (χ1n) is 8.96. The third-order valence-electron chi connectivity index (χ3n) is 4.55. The summed E-state index contributed by atoms with van der Waals surface area (Å²) in [7, 11) is 1.82. The Morgan fingerprint density at radius 3 is 2.69 bits per heavy atom. The third kappa shape index (κ3) is 3.85. The van der Waals surface area contributed by atoms with Crippen LogP contribution in [0.5, 0.6) is 0 Å². The maximum Gasteiger partial charge on any atom is 0.247 e. The van der Waals surface area contributed by atoms with Crippen molar-refractivity contribution in [2.75, 3.05) is 0 Å². The molecule has 0 amide bonds. The predicted molar refractivity (Wildman–Crippen MR) is 101 cm³/mol. The Bertz CT molecular complexity index is 1190. The van der Waals surface area contributed by atoms with E-state index in [9.17, 15) is 8.78 Å². The summed E-state index contributed by atoms with van der Waals surface area (Å²) < 4.78 is 32.0. The summed E-state index contributed by atoms with van der Waals surface area (Å²) in [6.07, 6.45) is 9.67. The second-order valence-corrected chi connectivity index (χ2v) is 7.02. The summed E-state index contributed by atoms with van der Waals surface area (Å²) in [5.74, 6) is -2.33. The molecule has 4 aromatic heterocycles. The SMILES string of the molecule is Cn1cc(-c2cc3nccn3c(-c3cnn([C@H](CC#N)CC(C)(F)F)c3)n2)cn1. The zero-order chi connectivity index (χ0) is 20.6. The average molecular weight is 396 g/mol. The van der Waals surface area contributed by atoms with Gasteiger partial charge in [-0.25, -0.2) is 18.7 Å². The largest absolute Gasteiger partial charge is 0.284 e. The lowest BCUT2D eigenvalue weighted by atomic mass is 10.1. The van der Waals surface area contributed by atoms with Crippen LogP contribution >= 0.6 is 0 Å². The highest BCUT2D eigenvalue weighted by Crippen LogP contribution is 2.30. The van der Waals surface area contributed by atoms with E-state index in [1.54, 1.807) is 40.1 Å². The number of nitriles is 1. The Labute approximate surface area is 165 Å². The molecule has 10 heteroatoms. The van der Waals surface area contributed by atoms with Gasteiger partial charge in [-0.2, -0.15) is 15.5 Å². The molecule has 4 heterocycles. The summed E-state index contributed by atoms with van der Waals surface area (Å²) in [5.41, 5.74) is 2.85. The number of aromatic nitrogens is 7. The number of halogens is 2. The molecule has 0 aliphatic carbocycles. The van der Waals surface area contributed by atoms with Gasteiger partial charge in [-0.15, -0.1) is 0 Å². The van der Waals surface area contributed by atoms with Gasteiger partial charge in [0.15, 0.2) is 0 Å². The monoisotopic (exact) mass is 396 g/mol. The van der Waals surface area contributed by atoms with Gasteiger partial charge in [-0.1, -0.05) is 0 Å². The van der Waals surface area contributed by atoms with Crippen LogP contribution in [0.15, 0.2) is 43.2 Å². The molecule has 148 valence electrons. The van der Waals surface area contributed by atoms with Crippen molar-refractivity contribution in [3.8, 4) is 28.7 Å². The van der Waals surface area contributed by atoms with Crippen molar-refractivity contribution in [3.63, 3.8) is 0 Å². The van der Waals surface area contributed by atoms with Gasteiger partial charge in [0, 0.05) is 49.9 Å². The minimum atomic E-state index is -2.90. The van der Waals surface area contributed by atoms with Crippen LogP contribution in [0.2, 0.25) is 0 Å². The summed E-state index contributed by atoms with van der Waals surface area (Å²) in [5, 5.41) is 17.4. The number of rotatable bonds is 6. The van der Waals surface area contributed by atoms with E-state index in [0.717, 1.165) is 12.5 Å². The zero-order valence-corrected chi connectivity index (χ0v) is 15.9. The van der Waals surface area contributed by atoms with Crippen LogP contribution in [0.1, 0.15) is 25.8 Å². The van der Waals surface area contributed by atoms with Crippen LogP contribution in [0.25, 0.3) is 28.3 Å². The molecule has 0 unspecified atom stereocenters. The van der Waals surface area contributed by atoms with Gasteiger partial charge in [0.2, 0.25) is 5.92 Å². The van der Waals surface area contributed by atoms with E-state index in [2.05, 4.69) is 15.2 Å². The molecule has 0 fully saturated rings. The molecule has 0 spiro atoms. The Balaban J connectivity index is 1.77. The van der Waals surface area contributed by atoms with Gasteiger partial charge in [-0.05, 0) is 6.92 Å². The van der Waals surface area contributed by atoms with Gasteiger partial charge >= 0.3 is 0 Å². The Morgan fingerprint density at radius 2 is 2.00 bits per heavy atom. The van der Waals surface area contributed by atoms with E-state index in [-0.39, 0.29) is 6.42 Å². The average Bonchev–Trinajstić information content (AvgIpc) is 3.39. The Kier molecular flexibility index (Phi) is 4.58. The fourth-order valence-corrected chi connectivity index (χ4v) is 3.26. The van der Waals surface area contributed by atoms with Gasteiger partial charge < -0.3 is 0 Å². The van der Waals surface area contributed by atoms with E-state index in [0.29, 0.717) is 22.7 Å². The van der Waals surface area contributed by atoms with Crippen molar-refractivity contribution >= 4 is 5.65 Å². The topological polar surface area (TPSA) is 89.6 Å². The van der Waals surface area contributed by atoms with Crippen LogP contribution in [0.3, 0.4) is 0 Å². The summed E-state index contributed by atoms with van der Waals surface area (Å²) in [6.45, 7) is 0.843.